The van der Waals surface area contributed by atoms with Crippen molar-refractivity contribution in [3.05, 3.63) is 51.8 Å². The Kier molecular flexibility index (Phi) is 4.62. The summed E-state index contributed by atoms with van der Waals surface area (Å²) in [6, 6.07) is 5.82. The summed E-state index contributed by atoms with van der Waals surface area (Å²) >= 11 is 6.14. The second-order valence-electron chi connectivity index (χ2n) is 4.93. The van der Waals surface area contributed by atoms with Gasteiger partial charge in [-0.3, -0.25) is 9.79 Å². The van der Waals surface area contributed by atoms with Crippen molar-refractivity contribution in [2.24, 2.45) is 4.99 Å². The van der Waals surface area contributed by atoms with Crippen molar-refractivity contribution in [3.63, 3.8) is 0 Å². The molecule has 0 saturated heterocycles. The van der Waals surface area contributed by atoms with Crippen LogP contribution in [0.15, 0.2) is 29.3 Å². The maximum absolute atomic E-state index is 13.5. The molecule has 0 saturated carbocycles. The third kappa shape index (κ3) is 3.02. The Balaban J connectivity index is 2.54. The zero-order valence-electron chi connectivity index (χ0n) is 12.5. The van der Waals surface area contributed by atoms with Gasteiger partial charge in [0.05, 0.1) is 10.7 Å². The maximum Gasteiger partial charge on any atom is 0.162 e. The number of aryl methyl sites for hydroxylation is 1. The molecule has 0 unspecified atom stereocenters. The minimum Gasteiger partial charge on any atom is -0.455 e. The Morgan fingerprint density at radius 2 is 1.95 bits per heavy atom. The molecule has 0 aliphatic rings. The van der Waals surface area contributed by atoms with Crippen LogP contribution in [-0.2, 0) is 0 Å². The highest BCUT2D eigenvalue weighted by Crippen LogP contribution is 2.37. The lowest BCUT2D eigenvalue weighted by molar-refractivity contribution is 0.101. The Bertz CT molecular complexity index is 772. The van der Waals surface area contributed by atoms with Crippen LogP contribution in [0, 0.1) is 19.7 Å². The van der Waals surface area contributed by atoms with Gasteiger partial charge in [-0.25, -0.2) is 4.39 Å². The number of benzene rings is 2. The summed E-state index contributed by atoms with van der Waals surface area (Å²) in [5, 5.41) is 0.330. The lowest BCUT2D eigenvalue weighted by Gasteiger charge is -2.14. The van der Waals surface area contributed by atoms with E-state index in [0.717, 1.165) is 0 Å². The van der Waals surface area contributed by atoms with E-state index < -0.39 is 5.82 Å². The average molecular weight is 320 g/mol. The molecule has 5 heteroatoms. The van der Waals surface area contributed by atoms with Crippen LogP contribution in [0.4, 0.5) is 10.1 Å². The second-order valence-corrected chi connectivity index (χ2v) is 5.31. The Hall–Kier alpha value is -2.20. The lowest BCUT2D eigenvalue weighted by atomic mass is 10.0. The number of hydrogen-bond acceptors (Lipinski definition) is 3. The van der Waals surface area contributed by atoms with Gasteiger partial charge >= 0.3 is 0 Å². The summed E-state index contributed by atoms with van der Waals surface area (Å²) in [6.45, 7) is 8.33. The number of carbonyl (C=O) groups excluding carboxylic acids is 1. The van der Waals surface area contributed by atoms with Crippen molar-refractivity contribution < 1.29 is 13.9 Å². The number of rotatable bonds is 4. The molecule has 2 rings (SSSR count). The van der Waals surface area contributed by atoms with E-state index >= 15 is 0 Å². The van der Waals surface area contributed by atoms with E-state index in [0.29, 0.717) is 33.1 Å². The molecule has 0 atom stereocenters. The third-order valence-electron chi connectivity index (χ3n) is 3.32. The van der Waals surface area contributed by atoms with E-state index in [9.17, 15) is 9.18 Å². The fraction of sp³-hybridized carbons (Fsp3) is 0.176. The van der Waals surface area contributed by atoms with Crippen LogP contribution in [0.2, 0.25) is 5.02 Å². The van der Waals surface area contributed by atoms with E-state index in [-0.39, 0.29) is 11.5 Å². The van der Waals surface area contributed by atoms with E-state index in [4.69, 9.17) is 16.3 Å². The molecule has 0 amide bonds. The largest absolute Gasteiger partial charge is 0.455 e. The van der Waals surface area contributed by atoms with Crippen molar-refractivity contribution in [1.29, 1.82) is 0 Å². The van der Waals surface area contributed by atoms with Crippen LogP contribution >= 0.6 is 11.6 Å². The first-order valence-corrected chi connectivity index (χ1v) is 6.97. The van der Waals surface area contributed by atoms with Gasteiger partial charge in [-0.2, -0.15) is 0 Å². The first kappa shape index (κ1) is 16.2. The summed E-state index contributed by atoms with van der Waals surface area (Å²) in [5.41, 5.74) is 2.09. The molecular formula is C17H15ClFNO2. The summed E-state index contributed by atoms with van der Waals surface area (Å²) in [6.07, 6.45) is 0. The number of halogens is 2. The highest BCUT2D eigenvalue weighted by atomic mass is 35.5. The number of carbonyl (C=O) groups is 1. The van der Waals surface area contributed by atoms with E-state index in [1.165, 1.54) is 19.1 Å². The predicted molar refractivity (Wildman–Crippen MR) is 86.6 cm³/mol. The van der Waals surface area contributed by atoms with Crippen molar-refractivity contribution >= 4 is 29.8 Å². The molecule has 0 aliphatic heterocycles. The Morgan fingerprint density at radius 1 is 1.27 bits per heavy atom. The monoisotopic (exact) mass is 319 g/mol. The van der Waals surface area contributed by atoms with Crippen LogP contribution in [0.25, 0.3) is 0 Å². The van der Waals surface area contributed by atoms with Gasteiger partial charge in [0.1, 0.15) is 17.3 Å². The molecule has 3 nitrogen and oxygen atoms in total. The molecule has 0 heterocycles. The second kappa shape index (κ2) is 6.28. The number of nitrogens with zero attached hydrogens (tertiary/aromatic N) is 1. The van der Waals surface area contributed by atoms with Gasteiger partial charge in [0.15, 0.2) is 5.78 Å². The maximum atomic E-state index is 13.5. The Labute approximate surface area is 133 Å². The molecule has 0 aliphatic carbocycles. The smallest absolute Gasteiger partial charge is 0.162 e. The van der Waals surface area contributed by atoms with Gasteiger partial charge < -0.3 is 4.74 Å². The van der Waals surface area contributed by atoms with E-state index in [1.807, 2.05) is 0 Å². The zero-order chi connectivity index (χ0) is 16.4. The van der Waals surface area contributed by atoms with Gasteiger partial charge in [-0.05, 0) is 51.3 Å². The molecule has 0 spiro atoms. The van der Waals surface area contributed by atoms with Gasteiger partial charge in [0.25, 0.3) is 0 Å². The zero-order valence-corrected chi connectivity index (χ0v) is 13.3. The molecule has 2 aromatic carbocycles. The summed E-state index contributed by atoms with van der Waals surface area (Å²) < 4.78 is 19.2. The number of ketones is 1. The molecule has 2 aromatic rings. The third-order valence-corrected chi connectivity index (χ3v) is 3.81. The van der Waals surface area contributed by atoms with Crippen LogP contribution < -0.4 is 4.74 Å². The van der Waals surface area contributed by atoms with Gasteiger partial charge in [-0.15, -0.1) is 0 Å². The molecule has 0 aromatic heterocycles. The molecule has 22 heavy (non-hydrogen) atoms. The number of ether oxygens (including phenoxy) is 1. The van der Waals surface area contributed by atoms with Crippen LogP contribution in [0.5, 0.6) is 11.5 Å². The van der Waals surface area contributed by atoms with Crippen LogP contribution in [0.1, 0.15) is 28.4 Å². The predicted octanol–water partition coefficient (Wildman–Crippen LogP) is 5.42. The highest BCUT2D eigenvalue weighted by Gasteiger charge is 2.16. The first-order chi connectivity index (χ1) is 10.3. The van der Waals surface area contributed by atoms with E-state index in [1.54, 1.807) is 26.0 Å². The molecule has 0 bridgehead atoms. The Morgan fingerprint density at radius 3 is 2.55 bits per heavy atom. The standard InChI is InChI=1S/C17H15ClFNO2/c1-9-7-12(19)8-15(17(9)18)22-14-6-5-13(20-4)16(10(14)2)11(3)21/h5-8H,4H2,1-3H3. The van der Waals surface area contributed by atoms with Crippen molar-refractivity contribution in [3.8, 4) is 11.5 Å². The van der Waals surface area contributed by atoms with Gasteiger partial charge in [-0.1, -0.05) is 11.6 Å². The average Bonchev–Trinajstić information content (AvgIpc) is 2.45. The minimum absolute atomic E-state index is 0.146. The lowest BCUT2D eigenvalue weighted by Crippen LogP contribution is -2.00. The van der Waals surface area contributed by atoms with Crippen molar-refractivity contribution in [2.45, 2.75) is 20.8 Å². The molecule has 0 N–H and O–H groups in total. The number of Topliss-reactive ketones (excluding diaryl/α,β-unsaturated/α-hetero) is 1. The summed E-state index contributed by atoms with van der Waals surface area (Å²) in [5.74, 6) is 0.0400. The summed E-state index contributed by atoms with van der Waals surface area (Å²) in [7, 11) is 0. The van der Waals surface area contributed by atoms with E-state index in [2.05, 4.69) is 11.7 Å². The quantitative estimate of drug-likeness (QED) is 0.557. The van der Waals surface area contributed by atoms with Crippen molar-refractivity contribution in [2.75, 3.05) is 0 Å². The molecule has 0 fully saturated rings. The SMILES string of the molecule is C=Nc1ccc(Oc2cc(F)cc(C)c2Cl)c(C)c1C(C)=O. The minimum atomic E-state index is -0.439. The highest BCUT2D eigenvalue weighted by molar-refractivity contribution is 6.32. The van der Waals surface area contributed by atoms with Crippen LogP contribution in [0.3, 0.4) is 0 Å². The van der Waals surface area contributed by atoms with Crippen molar-refractivity contribution in [1.82, 2.24) is 0 Å². The topological polar surface area (TPSA) is 38.7 Å². The fourth-order valence-electron chi connectivity index (χ4n) is 2.25. The molecular weight excluding hydrogens is 305 g/mol. The summed E-state index contributed by atoms with van der Waals surface area (Å²) in [4.78, 5) is 15.6. The number of hydrogen-bond donors (Lipinski definition) is 0. The first-order valence-electron chi connectivity index (χ1n) is 6.60. The van der Waals surface area contributed by atoms with Crippen LogP contribution in [-0.4, -0.2) is 12.5 Å². The normalized spacial score (nSPS) is 10.4. The number of aliphatic imine (C=N–C) groups is 1. The fourth-order valence-corrected chi connectivity index (χ4v) is 2.40. The van der Waals surface area contributed by atoms with Gasteiger partial charge in [0, 0.05) is 17.2 Å². The molecule has 0 radical (unpaired) electrons. The van der Waals surface area contributed by atoms with Gasteiger partial charge in [0.2, 0.25) is 0 Å². The molecule has 114 valence electrons.